The Morgan fingerprint density at radius 2 is 1.82 bits per heavy atom. The standard InChI is InChI=1S/C11H9N5O/c17-6-8-12-10-11(13-8)16-15-9(14-10)7-4-2-1-3-5-7/h1-6,8H,(H,13,16)(H,12,14,15). The summed E-state index contributed by atoms with van der Waals surface area (Å²) in [6, 6.07) is 9.65. The summed E-state index contributed by atoms with van der Waals surface area (Å²) in [4.78, 5) is 23.0. The normalized spacial score (nSPS) is 21.4. The van der Waals surface area contributed by atoms with Crippen LogP contribution in [0, 0.1) is 0 Å². The summed E-state index contributed by atoms with van der Waals surface area (Å²) in [5, 5.41) is 0. The lowest BCUT2D eigenvalue weighted by Crippen LogP contribution is -2.49. The lowest BCUT2D eigenvalue weighted by molar-refractivity contribution is -0.108. The summed E-state index contributed by atoms with van der Waals surface area (Å²) in [5.74, 6) is 1.62. The number of benzene rings is 1. The maximum Gasteiger partial charge on any atom is 0.199 e. The summed E-state index contributed by atoms with van der Waals surface area (Å²) in [5.41, 5.74) is 6.74. The largest absolute Gasteiger partial charge is 0.299 e. The second-order valence-corrected chi connectivity index (χ2v) is 3.56. The van der Waals surface area contributed by atoms with Crippen molar-refractivity contribution in [1.82, 2.24) is 10.9 Å². The topological polar surface area (TPSA) is 78.2 Å². The molecule has 2 N–H and O–H groups in total. The molecule has 0 saturated heterocycles. The van der Waals surface area contributed by atoms with E-state index >= 15 is 0 Å². The van der Waals surface area contributed by atoms with Gasteiger partial charge in [-0.1, -0.05) is 30.3 Å². The zero-order valence-corrected chi connectivity index (χ0v) is 8.79. The molecule has 1 atom stereocenters. The third-order valence-corrected chi connectivity index (χ3v) is 2.41. The van der Waals surface area contributed by atoms with E-state index in [-0.39, 0.29) is 0 Å². The predicted octanol–water partition coefficient (Wildman–Crippen LogP) is -0.123. The monoisotopic (exact) mass is 227 g/mol. The van der Waals surface area contributed by atoms with Crippen molar-refractivity contribution in [3.05, 3.63) is 35.9 Å². The molecule has 0 fully saturated rings. The number of amidine groups is 3. The Morgan fingerprint density at radius 3 is 2.59 bits per heavy atom. The maximum atomic E-state index is 10.6. The first-order valence-corrected chi connectivity index (χ1v) is 5.14. The van der Waals surface area contributed by atoms with Crippen molar-refractivity contribution in [2.45, 2.75) is 6.17 Å². The molecule has 17 heavy (non-hydrogen) atoms. The molecule has 0 amide bonds. The quantitative estimate of drug-likeness (QED) is 0.691. The fourth-order valence-electron chi connectivity index (χ4n) is 1.62. The highest BCUT2D eigenvalue weighted by Gasteiger charge is 2.24. The van der Waals surface area contributed by atoms with Crippen LogP contribution in [0.5, 0.6) is 0 Å². The van der Waals surface area contributed by atoms with E-state index < -0.39 is 6.17 Å². The Kier molecular flexibility index (Phi) is 2.18. The van der Waals surface area contributed by atoms with E-state index in [0.717, 1.165) is 5.56 Å². The Bertz CT molecular complexity index is 546. The lowest BCUT2D eigenvalue weighted by Gasteiger charge is -2.17. The molecular formula is C11H9N5O. The fraction of sp³-hybridized carbons (Fsp3) is 0.0909. The molecule has 1 aromatic rings. The van der Waals surface area contributed by atoms with Crippen LogP contribution >= 0.6 is 0 Å². The Balaban J connectivity index is 1.96. The first kappa shape index (κ1) is 9.71. The van der Waals surface area contributed by atoms with Gasteiger partial charge in [-0.15, -0.1) is 0 Å². The van der Waals surface area contributed by atoms with Crippen molar-refractivity contribution in [3.63, 3.8) is 0 Å². The predicted molar refractivity (Wildman–Crippen MR) is 64.0 cm³/mol. The number of nitrogens with one attached hydrogen (secondary N) is 2. The molecule has 3 rings (SSSR count). The van der Waals surface area contributed by atoms with Gasteiger partial charge in [-0.25, -0.2) is 15.0 Å². The van der Waals surface area contributed by atoms with Gasteiger partial charge in [-0.05, 0) is 0 Å². The van der Waals surface area contributed by atoms with Crippen molar-refractivity contribution in [1.29, 1.82) is 0 Å². The van der Waals surface area contributed by atoms with Gasteiger partial charge in [0.05, 0.1) is 0 Å². The van der Waals surface area contributed by atoms with Crippen LogP contribution < -0.4 is 10.9 Å². The fourth-order valence-corrected chi connectivity index (χ4v) is 1.62. The molecule has 84 valence electrons. The van der Waals surface area contributed by atoms with E-state index in [1.807, 2.05) is 30.3 Å². The van der Waals surface area contributed by atoms with Gasteiger partial charge in [-0.3, -0.25) is 15.6 Å². The third kappa shape index (κ3) is 1.69. The summed E-state index contributed by atoms with van der Waals surface area (Å²) in [7, 11) is 0. The minimum atomic E-state index is -0.673. The van der Waals surface area contributed by atoms with Gasteiger partial charge in [0.15, 0.2) is 30.0 Å². The number of aldehydes is 1. The average molecular weight is 227 g/mol. The highest BCUT2D eigenvalue weighted by Crippen LogP contribution is 2.08. The molecular weight excluding hydrogens is 218 g/mol. The number of rotatable bonds is 2. The molecule has 0 saturated carbocycles. The lowest BCUT2D eigenvalue weighted by atomic mass is 10.2. The molecule has 2 heterocycles. The van der Waals surface area contributed by atoms with Gasteiger partial charge in [0.2, 0.25) is 0 Å². The van der Waals surface area contributed by atoms with Gasteiger partial charge in [-0.2, -0.15) is 0 Å². The van der Waals surface area contributed by atoms with Crippen LogP contribution in [0.4, 0.5) is 0 Å². The molecule has 2 aliphatic rings. The first-order valence-electron chi connectivity index (χ1n) is 5.14. The molecule has 0 bridgehead atoms. The van der Waals surface area contributed by atoms with E-state index in [0.29, 0.717) is 23.8 Å². The van der Waals surface area contributed by atoms with Crippen LogP contribution in [0.2, 0.25) is 0 Å². The number of hydrogen-bond acceptors (Lipinski definition) is 6. The van der Waals surface area contributed by atoms with Crippen molar-refractivity contribution >= 4 is 23.8 Å². The Morgan fingerprint density at radius 1 is 1.06 bits per heavy atom. The SMILES string of the molecule is O=CC1N=C2N=C(c3ccccc3)NNC2=N1. The second kappa shape index (κ2) is 3.82. The molecule has 6 heteroatoms. The number of fused-ring (bicyclic) bond motifs is 1. The molecule has 1 aromatic carbocycles. The van der Waals surface area contributed by atoms with Crippen molar-refractivity contribution in [2.24, 2.45) is 15.0 Å². The van der Waals surface area contributed by atoms with Crippen LogP contribution in [0.15, 0.2) is 45.3 Å². The van der Waals surface area contributed by atoms with Gasteiger partial charge in [0.1, 0.15) is 0 Å². The minimum Gasteiger partial charge on any atom is -0.299 e. The minimum absolute atomic E-state index is 0.458. The van der Waals surface area contributed by atoms with Gasteiger partial charge < -0.3 is 0 Å². The van der Waals surface area contributed by atoms with Crippen LogP contribution in [-0.4, -0.2) is 30.0 Å². The van der Waals surface area contributed by atoms with Crippen LogP contribution in [0.3, 0.4) is 0 Å². The molecule has 2 aliphatic heterocycles. The summed E-state index contributed by atoms with van der Waals surface area (Å²) < 4.78 is 0. The van der Waals surface area contributed by atoms with E-state index in [2.05, 4.69) is 25.8 Å². The molecule has 0 aromatic heterocycles. The number of hydrazine groups is 1. The highest BCUT2D eigenvalue weighted by atomic mass is 16.1. The molecule has 0 radical (unpaired) electrons. The maximum absolute atomic E-state index is 10.6. The number of aliphatic imine (C=N–C) groups is 3. The smallest absolute Gasteiger partial charge is 0.199 e. The zero-order valence-electron chi connectivity index (χ0n) is 8.79. The number of nitrogens with zero attached hydrogens (tertiary/aromatic N) is 3. The third-order valence-electron chi connectivity index (χ3n) is 2.41. The molecule has 0 aliphatic carbocycles. The van der Waals surface area contributed by atoms with Crippen molar-refractivity contribution in [2.75, 3.05) is 0 Å². The van der Waals surface area contributed by atoms with Crippen LogP contribution in [0.1, 0.15) is 5.56 Å². The van der Waals surface area contributed by atoms with Gasteiger partial charge in [0, 0.05) is 5.56 Å². The van der Waals surface area contributed by atoms with E-state index in [4.69, 9.17) is 0 Å². The van der Waals surface area contributed by atoms with Gasteiger partial charge in [0.25, 0.3) is 0 Å². The highest BCUT2D eigenvalue weighted by molar-refractivity contribution is 6.45. The second-order valence-electron chi connectivity index (χ2n) is 3.56. The number of carbonyl (C=O) groups is 1. The van der Waals surface area contributed by atoms with E-state index in [1.165, 1.54) is 0 Å². The Hall–Kier alpha value is -2.50. The first-order chi connectivity index (χ1) is 8.36. The number of carbonyl (C=O) groups excluding carboxylic acids is 1. The molecule has 6 nitrogen and oxygen atoms in total. The number of hydrogen-bond donors (Lipinski definition) is 2. The van der Waals surface area contributed by atoms with Crippen LogP contribution in [0.25, 0.3) is 0 Å². The van der Waals surface area contributed by atoms with E-state index in [9.17, 15) is 4.79 Å². The summed E-state index contributed by atoms with van der Waals surface area (Å²) in [6.45, 7) is 0. The van der Waals surface area contributed by atoms with Crippen LogP contribution in [-0.2, 0) is 4.79 Å². The molecule has 0 spiro atoms. The summed E-state index contributed by atoms with van der Waals surface area (Å²) in [6.07, 6.45) is 0.00530. The molecule has 1 unspecified atom stereocenters. The van der Waals surface area contributed by atoms with Crippen molar-refractivity contribution < 1.29 is 4.79 Å². The average Bonchev–Trinajstić information content (AvgIpc) is 2.81. The van der Waals surface area contributed by atoms with E-state index in [1.54, 1.807) is 0 Å². The zero-order chi connectivity index (χ0) is 11.7. The summed E-state index contributed by atoms with van der Waals surface area (Å²) >= 11 is 0. The Labute approximate surface area is 97.2 Å². The van der Waals surface area contributed by atoms with Crippen molar-refractivity contribution in [3.8, 4) is 0 Å². The van der Waals surface area contributed by atoms with Gasteiger partial charge >= 0.3 is 0 Å².